The molecule has 0 saturated carbocycles. The smallest absolute Gasteiger partial charge is 0.414 e. The van der Waals surface area contributed by atoms with E-state index in [9.17, 15) is 10.1 Å². The third-order valence-electron chi connectivity index (χ3n) is 3.38. The van der Waals surface area contributed by atoms with E-state index in [1.807, 2.05) is 6.92 Å². The van der Waals surface area contributed by atoms with Gasteiger partial charge in [0.1, 0.15) is 5.69 Å². The number of ether oxygens (including phenoxy) is 1. The fourth-order valence-corrected chi connectivity index (χ4v) is 2.61. The van der Waals surface area contributed by atoms with Gasteiger partial charge in [-0.2, -0.15) is 0 Å². The average molecular weight is 434 g/mol. The van der Waals surface area contributed by atoms with Crippen LogP contribution in [-0.2, 0) is 14.3 Å². The van der Waals surface area contributed by atoms with Gasteiger partial charge >= 0.3 is 11.9 Å². The maximum absolute atomic E-state index is 11.1. The van der Waals surface area contributed by atoms with E-state index < -0.39 is 11.9 Å². The minimum atomic E-state index is -1.82. The Kier molecular flexibility index (Phi) is 8.96. The highest BCUT2D eigenvalue weighted by Gasteiger charge is 2.18. The molecule has 0 aliphatic carbocycles. The number of carboxylic acid groups (broad SMARTS) is 2. The van der Waals surface area contributed by atoms with Crippen LogP contribution in [0.4, 0.5) is 11.4 Å². The summed E-state index contributed by atoms with van der Waals surface area (Å²) in [4.78, 5) is 31.2. The Morgan fingerprint density at radius 3 is 2.42 bits per heavy atom. The minimum absolute atomic E-state index is 0.0909. The molecule has 0 unspecified atom stereocenters. The highest BCUT2D eigenvalue weighted by atomic mass is 79.9. The molecule has 26 heavy (non-hydrogen) atoms. The van der Waals surface area contributed by atoms with Gasteiger partial charge < -0.3 is 20.3 Å². The molecule has 0 radical (unpaired) electrons. The number of hydrogen-bond donors (Lipinski definition) is 3. The van der Waals surface area contributed by atoms with Gasteiger partial charge in [-0.3, -0.25) is 15.0 Å². The quantitative estimate of drug-likeness (QED) is 0.358. The molecule has 144 valence electrons. The number of nitro groups is 1. The van der Waals surface area contributed by atoms with E-state index in [0.717, 1.165) is 32.8 Å². The highest BCUT2D eigenvalue weighted by molar-refractivity contribution is 9.10. The van der Waals surface area contributed by atoms with Gasteiger partial charge in [-0.1, -0.05) is 15.9 Å². The van der Waals surface area contributed by atoms with Gasteiger partial charge in [0, 0.05) is 36.2 Å². The summed E-state index contributed by atoms with van der Waals surface area (Å²) in [5.74, 6) is -3.65. The SMILES string of the molecule is C[C@H](CN1CCOCC1)Nc1ccc(Br)cc1[N+](=O)[O-].O=C(O)C(=O)O. The van der Waals surface area contributed by atoms with Crippen LogP contribution in [0.15, 0.2) is 22.7 Å². The fourth-order valence-electron chi connectivity index (χ4n) is 2.26. The first-order valence-corrected chi connectivity index (χ1v) is 8.46. The number of morpholine rings is 1. The third-order valence-corrected chi connectivity index (χ3v) is 3.87. The van der Waals surface area contributed by atoms with Crippen molar-refractivity contribution in [1.29, 1.82) is 0 Å². The van der Waals surface area contributed by atoms with Crippen LogP contribution in [0.5, 0.6) is 0 Å². The lowest BCUT2D eigenvalue weighted by Gasteiger charge is -2.29. The van der Waals surface area contributed by atoms with Gasteiger partial charge in [-0.25, -0.2) is 9.59 Å². The van der Waals surface area contributed by atoms with Gasteiger partial charge in [0.25, 0.3) is 5.69 Å². The predicted molar refractivity (Wildman–Crippen MR) is 96.4 cm³/mol. The third kappa shape index (κ3) is 7.76. The van der Waals surface area contributed by atoms with Crippen LogP contribution in [0.25, 0.3) is 0 Å². The number of anilines is 1. The van der Waals surface area contributed by atoms with E-state index in [1.165, 1.54) is 6.07 Å². The normalized spacial score (nSPS) is 15.3. The summed E-state index contributed by atoms with van der Waals surface area (Å²) in [6.45, 7) is 6.21. The molecule has 0 amide bonds. The van der Waals surface area contributed by atoms with Gasteiger partial charge in [-0.05, 0) is 19.1 Å². The number of nitrogens with one attached hydrogen (secondary N) is 1. The molecule has 0 bridgehead atoms. The molecule has 11 heteroatoms. The van der Waals surface area contributed by atoms with Crippen LogP contribution in [0.1, 0.15) is 6.92 Å². The minimum Gasteiger partial charge on any atom is -0.473 e. The number of aliphatic carboxylic acids is 2. The van der Waals surface area contributed by atoms with E-state index in [-0.39, 0.29) is 16.7 Å². The number of benzene rings is 1. The molecule has 1 aliphatic rings. The summed E-state index contributed by atoms with van der Waals surface area (Å²) >= 11 is 3.26. The van der Waals surface area contributed by atoms with E-state index in [2.05, 4.69) is 26.1 Å². The Bertz CT molecular complexity index is 638. The van der Waals surface area contributed by atoms with Crippen LogP contribution >= 0.6 is 15.9 Å². The summed E-state index contributed by atoms with van der Waals surface area (Å²) in [5.41, 5.74) is 0.646. The van der Waals surface area contributed by atoms with Crippen LogP contribution in [0.2, 0.25) is 0 Å². The van der Waals surface area contributed by atoms with Crippen molar-refractivity contribution in [2.45, 2.75) is 13.0 Å². The van der Waals surface area contributed by atoms with Crippen molar-refractivity contribution in [2.24, 2.45) is 0 Å². The Morgan fingerprint density at radius 1 is 1.35 bits per heavy atom. The number of halogens is 1. The highest BCUT2D eigenvalue weighted by Crippen LogP contribution is 2.28. The number of carboxylic acids is 2. The molecule has 1 saturated heterocycles. The molecule has 1 aromatic carbocycles. The summed E-state index contributed by atoms with van der Waals surface area (Å²) < 4.78 is 6.01. The maximum Gasteiger partial charge on any atom is 0.414 e. The summed E-state index contributed by atoms with van der Waals surface area (Å²) in [5, 5.41) is 29.1. The zero-order chi connectivity index (χ0) is 19.7. The summed E-state index contributed by atoms with van der Waals surface area (Å²) in [7, 11) is 0. The lowest BCUT2D eigenvalue weighted by molar-refractivity contribution is -0.384. The second-order valence-corrected chi connectivity index (χ2v) is 6.40. The van der Waals surface area contributed by atoms with Crippen molar-refractivity contribution in [3.8, 4) is 0 Å². The molecule has 1 fully saturated rings. The zero-order valence-corrected chi connectivity index (χ0v) is 15.6. The largest absolute Gasteiger partial charge is 0.473 e. The van der Waals surface area contributed by atoms with Crippen molar-refractivity contribution < 1.29 is 29.5 Å². The molecule has 0 spiro atoms. The Hall–Kier alpha value is -2.24. The van der Waals surface area contributed by atoms with Crippen LogP contribution < -0.4 is 5.32 Å². The molecule has 1 heterocycles. The van der Waals surface area contributed by atoms with Gasteiger partial charge in [0.2, 0.25) is 0 Å². The molecule has 0 aromatic heterocycles. The van der Waals surface area contributed by atoms with E-state index in [0.29, 0.717) is 10.2 Å². The number of nitro benzene ring substituents is 1. The molecule has 10 nitrogen and oxygen atoms in total. The first-order chi connectivity index (χ1) is 12.2. The van der Waals surface area contributed by atoms with Crippen LogP contribution in [0, 0.1) is 10.1 Å². The Balaban J connectivity index is 0.000000487. The van der Waals surface area contributed by atoms with Crippen LogP contribution in [-0.4, -0.2) is 70.9 Å². The lowest BCUT2D eigenvalue weighted by Crippen LogP contribution is -2.42. The number of rotatable bonds is 5. The van der Waals surface area contributed by atoms with Crippen LogP contribution in [0.3, 0.4) is 0 Å². The van der Waals surface area contributed by atoms with Gasteiger partial charge in [0.15, 0.2) is 0 Å². The fraction of sp³-hybridized carbons (Fsp3) is 0.467. The first-order valence-electron chi connectivity index (χ1n) is 7.67. The molecule has 2 rings (SSSR count). The van der Waals surface area contributed by atoms with Crippen molar-refractivity contribution >= 4 is 39.2 Å². The van der Waals surface area contributed by atoms with E-state index in [4.69, 9.17) is 24.5 Å². The predicted octanol–water partition coefficient (Wildman–Crippen LogP) is 1.65. The Morgan fingerprint density at radius 2 is 1.92 bits per heavy atom. The number of carbonyl (C=O) groups is 2. The average Bonchev–Trinajstić information content (AvgIpc) is 2.57. The molecular weight excluding hydrogens is 414 g/mol. The maximum atomic E-state index is 11.1. The van der Waals surface area contributed by atoms with E-state index >= 15 is 0 Å². The lowest BCUT2D eigenvalue weighted by atomic mass is 10.2. The molecular formula is C15H20BrN3O7. The Labute approximate surface area is 158 Å². The second-order valence-electron chi connectivity index (χ2n) is 5.49. The molecule has 3 N–H and O–H groups in total. The van der Waals surface area contributed by atoms with Crippen molar-refractivity contribution in [3.05, 3.63) is 32.8 Å². The topological polar surface area (TPSA) is 142 Å². The molecule has 1 atom stereocenters. The summed E-state index contributed by atoms with van der Waals surface area (Å²) in [6, 6.07) is 5.19. The molecule has 1 aromatic rings. The van der Waals surface area contributed by atoms with E-state index in [1.54, 1.807) is 12.1 Å². The number of nitrogens with zero attached hydrogens (tertiary/aromatic N) is 2. The van der Waals surface area contributed by atoms with Gasteiger partial charge in [0.05, 0.1) is 18.1 Å². The van der Waals surface area contributed by atoms with Crippen molar-refractivity contribution in [2.75, 3.05) is 38.2 Å². The monoisotopic (exact) mass is 433 g/mol. The zero-order valence-electron chi connectivity index (χ0n) is 14.1. The first kappa shape index (κ1) is 21.8. The molecule has 1 aliphatic heterocycles. The number of hydrogen-bond acceptors (Lipinski definition) is 7. The second kappa shape index (κ2) is 10.7. The van der Waals surface area contributed by atoms with Crippen molar-refractivity contribution in [3.63, 3.8) is 0 Å². The van der Waals surface area contributed by atoms with Gasteiger partial charge in [-0.15, -0.1) is 0 Å². The summed E-state index contributed by atoms with van der Waals surface area (Å²) in [6.07, 6.45) is 0. The van der Waals surface area contributed by atoms with Crippen molar-refractivity contribution in [1.82, 2.24) is 4.90 Å². The standard InChI is InChI=1S/C13H18BrN3O3.C2H2O4/c1-10(9-16-4-6-20-7-5-16)15-12-3-2-11(14)8-13(12)17(18)19;3-1(4)2(5)6/h2-3,8,10,15H,4-7,9H2,1H3;(H,3,4)(H,5,6)/t10-;/m1./s1.